The van der Waals surface area contributed by atoms with Crippen molar-refractivity contribution in [2.75, 3.05) is 30.5 Å². The van der Waals surface area contributed by atoms with Crippen LogP contribution in [0, 0.1) is 0 Å². The summed E-state index contributed by atoms with van der Waals surface area (Å²) in [7, 11) is -3.66. The zero-order chi connectivity index (χ0) is 14.9. The highest BCUT2D eigenvalue weighted by atomic mass is 32.2. The van der Waals surface area contributed by atoms with E-state index < -0.39 is 10.3 Å². The summed E-state index contributed by atoms with van der Waals surface area (Å²) in [4.78, 5) is 0. The first-order valence-electron chi connectivity index (χ1n) is 7.64. The van der Waals surface area contributed by atoms with Gasteiger partial charge in [-0.05, 0) is 68.5 Å². The summed E-state index contributed by atoms with van der Waals surface area (Å²) in [5.41, 5.74) is 4.56. The number of hydrogen-bond acceptors (Lipinski definition) is 4. The number of fused-ring (bicyclic) bond motifs is 2. The number of anilines is 1. The summed E-state index contributed by atoms with van der Waals surface area (Å²) in [5.74, 6) is 0. The second kappa shape index (κ2) is 5.94. The summed E-state index contributed by atoms with van der Waals surface area (Å²) in [6, 6.07) is 4.26. The lowest BCUT2D eigenvalue weighted by Crippen LogP contribution is -2.37. The molecule has 116 valence electrons. The maximum Gasteiger partial charge on any atom is 0.362 e. The predicted octanol–water partition coefficient (Wildman–Crippen LogP) is 1.41. The molecule has 5 nitrogen and oxygen atoms in total. The van der Waals surface area contributed by atoms with Gasteiger partial charge in [0.25, 0.3) is 0 Å². The number of benzene rings is 1. The zero-order valence-electron chi connectivity index (χ0n) is 12.4. The van der Waals surface area contributed by atoms with Gasteiger partial charge in [-0.25, -0.2) is 4.31 Å². The SMILES string of the molecule is CCOS(=O)(=O)N1CCCc2cc3c(cc21)CCNCC3. The van der Waals surface area contributed by atoms with Crippen LogP contribution in [0.2, 0.25) is 0 Å². The first kappa shape index (κ1) is 14.8. The van der Waals surface area contributed by atoms with Crippen molar-refractivity contribution in [3.63, 3.8) is 0 Å². The Morgan fingerprint density at radius 3 is 2.57 bits per heavy atom. The fourth-order valence-electron chi connectivity index (χ4n) is 3.17. The van der Waals surface area contributed by atoms with Crippen molar-refractivity contribution >= 4 is 16.0 Å². The molecule has 0 atom stereocenters. The Hall–Kier alpha value is -1.11. The molecule has 2 aliphatic heterocycles. The molecule has 6 heteroatoms. The molecule has 3 rings (SSSR count). The molecule has 0 unspecified atom stereocenters. The van der Waals surface area contributed by atoms with Crippen molar-refractivity contribution in [1.29, 1.82) is 0 Å². The Balaban J connectivity index is 2.03. The van der Waals surface area contributed by atoms with Gasteiger partial charge in [-0.3, -0.25) is 4.18 Å². The monoisotopic (exact) mass is 310 g/mol. The molecule has 0 aliphatic carbocycles. The molecule has 2 aliphatic rings. The van der Waals surface area contributed by atoms with Crippen LogP contribution in [0.3, 0.4) is 0 Å². The van der Waals surface area contributed by atoms with Crippen LogP contribution in [-0.2, 0) is 33.7 Å². The van der Waals surface area contributed by atoms with Gasteiger partial charge in [-0.1, -0.05) is 6.07 Å². The molecule has 0 amide bonds. The molecule has 1 N–H and O–H groups in total. The topological polar surface area (TPSA) is 58.6 Å². The van der Waals surface area contributed by atoms with Gasteiger partial charge in [-0.15, -0.1) is 0 Å². The van der Waals surface area contributed by atoms with E-state index in [1.54, 1.807) is 6.92 Å². The Labute approximate surface area is 126 Å². The normalized spacial score (nSPS) is 18.8. The summed E-state index contributed by atoms with van der Waals surface area (Å²) in [6.07, 6.45) is 3.75. The van der Waals surface area contributed by atoms with Crippen LogP contribution >= 0.6 is 0 Å². The molecule has 2 heterocycles. The van der Waals surface area contributed by atoms with E-state index in [1.807, 2.05) is 0 Å². The molecule has 0 fully saturated rings. The molecule has 1 aromatic rings. The quantitative estimate of drug-likeness (QED) is 0.917. The Morgan fingerprint density at radius 2 is 1.86 bits per heavy atom. The third-order valence-electron chi connectivity index (χ3n) is 4.16. The molecule has 0 spiro atoms. The minimum Gasteiger partial charge on any atom is -0.316 e. The van der Waals surface area contributed by atoms with Crippen LogP contribution in [0.5, 0.6) is 0 Å². The smallest absolute Gasteiger partial charge is 0.316 e. The number of nitrogens with zero attached hydrogens (tertiary/aromatic N) is 1. The molecule has 0 radical (unpaired) electrons. The molecule has 1 aromatic carbocycles. The molecule has 0 saturated heterocycles. The minimum absolute atomic E-state index is 0.170. The third-order valence-corrected chi connectivity index (χ3v) is 5.61. The van der Waals surface area contributed by atoms with E-state index in [9.17, 15) is 8.42 Å². The van der Waals surface area contributed by atoms with E-state index in [2.05, 4.69) is 17.4 Å². The van der Waals surface area contributed by atoms with Gasteiger partial charge in [0.1, 0.15) is 0 Å². The second-order valence-electron chi connectivity index (χ2n) is 5.54. The fourth-order valence-corrected chi connectivity index (χ4v) is 4.36. The average molecular weight is 310 g/mol. The molecular weight excluding hydrogens is 288 g/mol. The third kappa shape index (κ3) is 2.93. The molecular formula is C15H22N2O3S. The van der Waals surface area contributed by atoms with E-state index in [1.165, 1.54) is 15.4 Å². The average Bonchev–Trinajstić information content (AvgIpc) is 2.68. The number of hydrogen-bond donors (Lipinski definition) is 1. The van der Waals surface area contributed by atoms with Crippen molar-refractivity contribution in [3.8, 4) is 0 Å². The van der Waals surface area contributed by atoms with E-state index in [0.29, 0.717) is 6.54 Å². The molecule has 0 saturated carbocycles. The summed E-state index contributed by atoms with van der Waals surface area (Å²) < 4.78 is 31.0. The highest BCUT2D eigenvalue weighted by molar-refractivity contribution is 7.88. The second-order valence-corrected chi connectivity index (χ2v) is 7.07. The molecule has 0 aromatic heterocycles. The Kier molecular flexibility index (Phi) is 4.19. The van der Waals surface area contributed by atoms with Crippen molar-refractivity contribution in [2.24, 2.45) is 0 Å². The Morgan fingerprint density at radius 1 is 1.14 bits per heavy atom. The lowest BCUT2D eigenvalue weighted by molar-refractivity contribution is 0.335. The molecule has 21 heavy (non-hydrogen) atoms. The highest BCUT2D eigenvalue weighted by Gasteiger charge is 2.29. The van der Waals surface area contributed by atoms with Gasteiger partial charge in [0.15, 0.2) is 0 Å². The van der Waals surface area contributed by atoms with Crippen molar-refractivity contribution in [2.45, 2.75) is 32.6 Å². The van der Waals surface area contributed by atoms with Gasteiger partial charge in [0, 0.05) is 6.54 Å². The number of aryl methyl sites for hydroxylation is 1. The molecule has 0 bridgehead atoms. The van der Waals surface area contributed by atoms with E-state index >= 15 is 0 Å². The summed E-state index contributed by atoms with van der Waals surface area (Å²) >= 11 is 0. The van der Waals surface area contributed by atoms with Crippen molar-refractivity contribution < 1.29 is 12.6 Å². The Bertz CT molecular complexity index is 628. The van der Waals surface area contributed by atoms with E-state index in [-0.39, 0.29) is 6.61 Å². The highest BCUT2D eigenvalue weighted by Crippen LogP contribution is 2.33. The first-order valence-corrected chi connectivity index (χ1v) is 9.01. The van der Waals surface area contributed by atoms with Gasteiger partial charge < -0.3 is 5.32 Å². The maximum absolute atomic E-state index is 12.3. The van der Waals surface area contributed by atoms with E-state index in [4.69, 9.17) is 4.18 Å². The van der Waals surface area contributed by atoms with Gasteiger partial charge in [-0.2, -0.15) is 8.42 Å². The van der Waals surface area contributed by atoms with Crippen LogP contribution in [-0.4, -0.2) is 34.7 Å². The van der Waals surface area contributed by atoms with Crippen LogP contribution in [0.15, 0.2) is 12.1 Å². The van der Waals surface area contributed by atoms with Gasteiger partial charge >= 0.3 is 10.3 Å². The number of nitrogens with one attached hydrogen (secondary N) is 1. The summed E-state index contributed by atoms with van der Waals surface area (Å²) in [5, 5.41) is 3.39. The zero-order valence-corrected chi connectivity index (χ0v) is 13.2. The van der Waals surface area contributed by atoms with Gasteiger partial charge in [0.05, 0.1) is 12.3 Å². The predicted molar refractivity (Wildman–Crippen MR) is 82.9 cm³/mol. The fraction of sp³-hybridized carbons (Fsp3) is 0.600. The largest absolute Gasteiger partial charge is 0.362 e. The van der Waals surface area contributed by atoms with Crippen LogP contribution in [0.1, 0.15) is 30.0 Å². The maximum atomic E-state index is 12.3. The van der Waals surface area contributed by atoms with E-state index in [0.717, 1.165) is 50.0 Å². The van der Waals surface area contributed by atoms with Crippen LogP contribution < -0.4 is 9.62 Å². The first-order chi connectivity index (χ1) is 10.1. The van der Waals surface area contributed by atoms with Crippen molar-refractivity contribution in [3.05, 3.63) is 28.8 Å². The van der Waals surface area contributed by atoms with Crippen LogP contribution in [0.25, 0.3) is 0 Å². The number of rotatable bonds is 3. The standard InChI is InChI=1S/C15H22N2O3S/c1-2-20-21(18,19)17-9-3-4-14-10-12-5-7-16-8-6-13(12)11-15(14)17/h10-11,16H,2-9H2,1H3. The van der Waals surface area contributed by atoms with Crippen LogP contribution in [0.4, 0.5) is 5.69 Å². The van der Waals surface area contributed by atoms with Crippen molar-refractivity contribution in [1.82, 2.24) is 5.32 Å². The minimum atomic E-state index is -3.66. The summed E-state index contributed by atoms with van der Waals surface area (Å²) in [6.45, 7) is 4.32. The lowest BCUT2D eigenvalue weighted by Gasteiger charge is -2.30. The van der Waals surface area contributed by atoms with Gasteiger partial charge in [0.2, 0.25) is 0 Å². The lowest BCUT2D eigenvalue weighted by atomic mass is 9.94.